The zero-order valence-corrected chi connectivity index (χ0v) is 13.4. The number of rotatable bonds is 4. The number of carbonyl (C=O) groups is 1. The van der Waals surface area contributed by atoms with Crippen molar-refractivity contribution in [3.05, 3.63) is 11.8 Å². The summed E-state index contributed by atoms with van der Waals surface area (Å²) in [5, 5.41) is 16.5. The minimum atomic E-state index is -0.174. The van der Waals surface area contributed by atoms with Crippen LogP contribution in [0.3, 0.4) is 0 Å². The molecule has 1 unspecified atom stereocenters. The molecule has 0 radical (unpaired) electrons. The average molecular weight is 294 g/mol. The number of aliphatic hydroxyl groups is 1. The first-order valence-corrected chi connectivity index (χ1v) is 7.50. The van der Waals surface area contributed by atoms with E-state index in [0.717, 1.165) is 31.0 Å². The number of hydrogen-bond donors (Lipinski definition) is 2. The molecule has 1 aromatic heterocycles. The summed E-state index contributed by atoms with van der Waals surface area (Å²) in [6.07, 6.45) is 0.961. The molecule has 6 heteroatoms. The summed E-state index contributed by atoms with van der Waals surface area (Å²) < 4.78 is 1.85. The van der Waals surface area contributed by atoms with Gasteiger partial charge in [0.25, 0.3) is 0 Å². The third-order valence-electron chi connectivity index (χ3n) is 3.73. The molecule has 0 bridgehead atoms. The molecule has 118 valence electrons. The summed E-state index contributed by atoms with van der Waals surface area (Å²) in [5.74, 6) is 1.02. The number of nitrogens with one attached hydrogen (secondary N) is 1. The van der Waals surface area contributed by atoms with Gasteiger partial charge in [-0.15, -0.1) is 0 Å². The van der Waals surface area contributed by atoms with E-state index < -0.39 is 0 Å². The van der Waals surface area contributed by atoms with Gasteiger partial charge < -0.3 is 10.4 Å². The maximum absolute atomic E-state index is 12.2. The summed E-state index contributed by atoms with van der Waals surface area (Å²) in [7, 11) is 0. The van der Waals surface area contributed by atoms with Crippen molar-refractivity contribution in [2.24, 2.45) is 5.92 Å². The van der Waals surface area contributed by atoms with Crippen molar-refractivity contribution in [1.82, 2.24) is 14.7 Å². The number of carbonyl (C=O) groups excluding carboxylic acids is 1. The minimum absolute atomic E-state index is 0.0287. The van der Waals surface area contributed by atoms with Crippen molar-refractivity contribution >= 4 is 11.7 Å². The van der Waals surface area contributed by atoms with Gasteiger partial charge in [0.05, 0.1) is 17.8 Å². The SMILES string of the molecule is Cc1cc(NC(=O)CN2CCC(CO)C2)n(C(C)(C)C)n1. The van der Waals surface area contributed by atoms with E-state index in [1.165, 1.54) is 0 Å². The lowest BCUT2D eigenvalue weighted by molar-refractivity contribution is -0.117. The second kappa shape index (κ2) is 6.15. The maximum atomic E-state index is 12.2. The summed E-state index contributed by atoms with van der Waals surface area (Å²) in [5.41, 5.74) is 0.716. The fraction of sp³-hybridized carbons (Fsp3) is 0.733. The fourth-order valence-corrected chi connectivity index (χ4v) is 2.69. The molecule has 6 nitrogen and oxygen atoms in total. The molecule has 1 amide bonds. The van der Waals surface area contributed by atoms with Gasteiger partial charge in [-0.3, -0.25) is 9.69 Å². The third-order valence-corrected chi connectivity index (χ3v) is 3.73. The summed E-state index contributed by atoms with van der Waals surface area (Å²) in [6.45, 7) is 10.3. The Morgan fingerprint density at radius 3 is 2.81 bits per heavy atom. The van der Waals surface area contributed by atoms with Gasteiger partial charge in [0.2, 0.25) is 5.91 Å². The van der Waals surface area contributed by atoms with Gasteiger partial charge in [-0.25, -0.2) is 4.68 Å². The van der Waals surface area contributed by atoms with Crippen molar-refractivity contribution in [2.45, 2.75) is 39.7 Å². The molecule has 2 heterocycles. The zero-order valence-electron chi connectivity index (χ0n) is 13.4. The lowest BCUT2D eigenvalue weighted by Crippen LogP contribution is -2.33. The molecule has 0 aliphatic carbocycles. The Labute approximate surface area is 126 Å². The number of aryl methyl sites for hydroxylation is 1. The Morgan fingerprint density at radius 1 is 1.52 bits per heavy atom. The lowest BCUT2D eigenvalue weighted by atomic mass is 10.1. The van der Waals surface area contributed by atoms with Crippen molar-refractivity contribution in [3.8, 4) is 0 Å². The van der Waals surface area contributed by atoms with E-state index >= 15 is 0 Å². The molecule has 0 aromatic carbocycles. The topological polar surface area (TPSA) is 70.4 Å². The standard InChI is InChI=1S/C15H26N4O2/c1-11-7-13(19(17-11)15(2,3)4)16-14(21)9-18-6-5-12(8-18)10-20/h7,12,20H,5-6,8-10H2,1-4H3,(H,16,21). The Bertz CT molecular complexity index is 504. The van der Waals surface area contributed by atoms with E-state index in [1.807, 2.05) is 17.7 Å². The lowest BCUT2D eigenvalue weighted by Gasteiger charge is -2.23. The maximum Gasteiger partial charge on any atom is 0.239 e. The number of anilines is 1. The van der Waals surface area contributed by atoms with E-state index in [0.29, 0.717) is 12.5 Å². The molecule has 0 saturated carbocycles. The molecule has 0 spiro atoms. The molecule has 1 aromatic rings. The minimum Gasteiger partial charge on any atom is -0.396 e. The Kier molecular flexibility index (Phi) is 4.68. The number of hydrogen-bond acceptors (Lipinski definition) is 4. The van der Waals surface area contributed by atoms with Gasteiger partial charge in [0.15, 0.2) is 0 Å². The highest BCUT2D eigenvalue weighted by atomic mass is 16.3. The smallest absolute Gasteiger partial charge is 0.239 e. The van der Waals surface area contributed by atoms with Crippen LogP contribution in [0.25, 0.3) is 0 Å². The van der Waals surface area contributed by atoms with E-state index in [4.69, 9.17) is 5.11 Å². The first-order valence-electron chi connectivity index (χ1n) is 7.50. The molecule has 2 N–H and O–H groups in total. The van der Waals surface area contributed by atoms with Crippen LogP contribution in [0.2, 0.25) is 0 Å². The second-order valence-corrected chi connectivity index (χ2v) is 6.87. The Balaban J connectivity index is 1.97. The van der Waals surface area contributed by atoms with Crippen LogP contribution in [0.15, 0.2) is 6.07 Å². The first-order chi connectivity index (χ1) is 9.79. The largest absolute Gasteiger partial charge is 0.396 e. The van der Waals surface area contributed by atoms with Crippen molar-refractivity contribution in [1.29, 1.82) is 0 Å². The normalized spacial score (nSPS) is 20.0. The third kappa shape index (κ3) is 4.04. The van der Waals surface area contributed by atoms with Gasteiger partial charge in [0.1, 0.15) is 5.82 Å². The highest BCUT2D eigenvalue weighted by Crippen LogP contribution is 2.21. The molecular weight excluding hydrogens is 268 g/mol. The predicted molar refractivity (Wildman–Crippen MR) is 82.2 cm³/mol. The number of amides is 1. The van der Waals surface area contributed by atoms with E-state index in [1.54, 1.807) is 0 Å². The number of likely N-dealkylation sites (tertiary alicyclic amines) is 1. The van der Waals surface area contributed by atoms with Crippen LogP contribution < -0.4 is 5.32 Å². The van der Waals surface area contributed by atoms with Gasteiger partial charge in [0, 0.05) is 19.2 Å². The van der Waals surface area contributed by atoms with Crippen LogP contribution in [0.4, 0.5) is 5.82 Å². The molecule has 2 rings (SSSR count). The molecule has 1 aliphatic heterocycles. The number of aromatic nitrogens is 2. The van der Waals surface area contributed by atoms with Crippen LogP contribution in [0.5, 0.6) is 0 Å². The van der Waals surface area contributed by atoms with Crippen molar-refractivity contribution in [3.63, 3.8) is 0 Å². The van der Waals surface area contributed by atoms with Crippen LogP contribution in [0, 0.1) is 12.8 Å². The average Bonchev–Trinajstić information content (AvgIpc) is 2.95. The highest BCUT2D eigenvalue weighted by molar-refractivity contribution is 5.91. The van der Waals surface area contributed by atoms with E-state index in [9.17, 15) is 4.79 Å². The molecule has 21 heavy (non-hydrogen) atoms. The molecule has 1 aliphatic rings. The van der Waals surface area contributed by atoms with E-state index in [2.05, 4.69) is 36.1 Å². The van der Waals surface area contributed by atoms with Crippen LogP contribution in [-0.2, 0) is 10.3 Å². The van der Waals surface area contributed by atoms with Crippen LogP contribution in [-0.4, -0.2) is 51.9 Å². The molecule has 1 atom stereocenters. The Hall–Kier alpha value is -1.40. The summed E-state index contributed by atoms with van der Waals surface area (Å²) in [4.78, 5) is 14.3. The monoisotopic (exact) mass is 294 g/mol. The van der Waals surface area contributed by atoms with Crippen molar-refractivity contribution in [2.75, 3.05) is 31.6 Å². The second-order valence-electron chi connectivity index (χ2n) is 6.87. The molecule has 1 fully saturated rings. The van der Waals surface area contributed by atoms with Gasteiger partial charge in [-0.1, -0.05) is 0 Å². The number of nitrogens with zero attached hydrogens (tertiary/aromatic N) is 3. The summed E-state index contributed by atoms with van der Waals surface area (Å²) in [6, 6.07) is 1.89. The highest BCUT2D eigenvalue weighted by Gasteiger charge is 2.24. The van der Waals surface area contributed by atoms with Crippen molar-refractivity contribution < 1.29 is 9.90 Å². The molecular formula is C15H26N4O2. The fourth-order valence-electron chi connectivity index (χ4n) is 2.69. The van der Waals surface area contributed by atoms with Gasteiger partial charge >= 0.3 is 0 Å². The van der Waals surface area contributed by atoms with Crippen LogP contribution in [0.1, 0.15) is 32.9 Å². The molecule has 1 saturated heterocycles. The van der Waals surface area contributed by atoms with E-state index in [-0.39, 0.29) is 18.1 Å². The predicted octanol–water partition coefficient (Wildman–Crippen LogP) is 1.20. The zero-order chi connectivity index (χ0) is 15.6. The van der Waals surface area contributed by atoms with Gasteiger partial charge in [-0.05, 0) is 46.6 Å². The first kappa shape index (κ1) is 16.0. The van der Waals surface area contributed by atoms with Gasteiger partial charge in [-0.2, -0.15) is 5.10 Å². The number of aliphatic hydroxyl groups excluding tert-OH is 1. The van der Waals surface area contributed by atoms with Crippen LogP contribution >= 0.6 is 0 Å². The Morgan fingerprint density at radius 2 is 2.24 bits per heavy atom. The quantitative estimate of drug-likeness (QED) is 0.875. The summed E-state index contributed by atoms with van der Waals surface area (Å²) >= 11 is 0.